The smallest absolute Gasteiger partial charge is 0.251 e. The fraction of sp³-hybridized carbons (Fsp3) is 0.412. The van der Waals surface area contributed by atoms with E-state index in [1.807, 2.05) is 13.8 Å². The molecule has 22 heavy (non-hydrogen) atoms. The number of hydrogen-bond acceptors (Lipinski definition) is 2. The number of carbonyl (C=O) groups is 2. The molecular weight excluding hydrogens is 300 g/mol. The number of halogens is 1. The predicted molar refractivity (Wildman–Crippen MR) is 89.2 cm³/mol. The van der Waals surface area contributed by atoms with Crippen LogP contribution < -0.4 is 10.6 Å². The first kappa shape index (κ1) is 16.6. The van der Waals surface area contributed by atoms with Gasteiger partial charge in [-0.05, 0) is 50.8 Å². The van der Waals surface area contributed by atoms with E-state index in [0.717, 1.165) is 12.8 Å². The van der Waals surface area contributed by atoms with E-state index in [-0.39, 0.29) is 17.9 Å². The molecule has 4 nitrogen and oxygen atoms in total. The first-order valence-corrected chi connectivity index (χ1v) is 7.90. The Kier molecular flexibility index (Phi) is 5.61. The van der Waals surface area contributed by atoms with Crippen LogP contribution in [0.1, 0.15) is 43.5 Å². The van der Waals surface area contributed by atoms with Crippen molar-refractivity contribution in [2.45, 2.75) is 39.2 Å². The van der Waals surface area contributed by atoms with Crippen LogP contribution in [0.15, 0.2) is 30.4 Å². The van der Waals surface area contributed by atoms with Crippen LogP contribution in [0.25, 0.3) is 0 Å². The maximum Gasteiger partial charge on any atom is 0.251 e. The van der Waals surface area contributed by atoms with E-state index in [1.165, 1.54) is 0 Å². The van der Waals surface area contributed by atoms with E-state index >= 15 is 0 Å². The molecule has 0 saturated carbocycles. The lowest BCUT2D eigenvalue weighted by molar-refractivity contribution is -0.116. The highest BCUT2D eigenvalue weighted by molar-refractivity contribution is 6.33. The van der Waals surface area contributed by atoms with Crippen molar-refractivity contribution < 1.29 is 9.59 Å². The van der Waals surface area contributed by atoms with Crippen LogP contribution in [0.5, 0.6) is 0 Å². The second-order valence-electron chi connectivity index (χ2n) is 5.84. The molecule has 0 fully saturated rings. The highest BCUT2D eigenvalue weighted by Crippen LogP contribution is 2.25. The van der Waals surface area contributed by atoms with Crippen molar-refractivity contribution in [1.82, 2.24) is 5.32 Å². The zero-order valence-corrected chi connectivity index (χ0v) is 13.6. The van der Waals surface area contributed by atoms with Gasteiger partial charge in [0.1, 0.15) is 0 Å². The van der Waals surface area contributed by atoms with Crippen LogP contribution >= 0.6 is 11.6 Å². The Balaban J connectivity index is 2.04. The summed E-state index contributed by atoms with van der Waals surface area (Å²) < 4.78 is 0. The molecule has 0 bridgehead atoms. The summed E-state index contributed by atoms with van der Waals surface area (Å²) in [5.74, 6) is 0.0342. The zero-order chi connectivity index (χ0) is 16.1. The molecule has 0 radical (unpaired) electrons. The van der Waals surface area contributed by atoms with E-state index in [2.05, 4.69) is 22.8 Å². The molecule has 1 aromatic carbocycles. The first-order valence-electron chi connectivity index (χ1n) is 7.52. The van der Waals surface area contributed by atoms with Crippen LogP contribution in [0.3, 0.4) is 0 Å². The molecule has 2 amide bonds. The number of nitrogens with one attached hydrogen (secondary N) is 2. The van der Waals surface area contributed by atoms with Crippen molar-refractivity contribution in [2.75, 3.05) is 5.32 Å². The summed E-state index contributed by atoms with van der Waals surface area (Å²) in [7, 11) is 0. The Morgan fingerprint density at radius 1 is 1.36 bits per heavy atom. The highest BCUT2D eigenvalue weighted by Gasteiger charge is 2.16. The number of carbonyl (C=O) groups excluding carboxylic acids is 2. The largest absolute Gasteiger partial charge is 0.350 e. The highest BCUT2D eigenvalue weighted by atomic mass is 35.5. The van der Waals surface area contributed by atoms with Gasteiger partial charge in [-0.2, -0.15) is 0 Å². The van der Waals surface area contributed by atoms with Crippen molar-refractivity contribution in [1.29, 1.82) is 0 Å². The molecule has 0 aliphatic heterocycles. The maximum absolute atomic E-state index is 12.1. The summed E-state index contributed by atoms with van der Waals surface area (Å²) in [6.07, 6.45) is 6.66. The van der Waals surface area contributed by atoms with Crippen LogP contribution in [0.4, 0.5) is 5.69 Å². The van der Waals surface area contributed by atoms with Crippen LogP contribution in [-0.2, 0) is 4.79 Å². The maximum atomic E-state index is 12.1. The third-order valence-electron chi connectivity index (χ3n) is 3.48. The molecule has 1 atom stereocenters. The van der Waals surface area contributed by atoms with Crippen molar-refractivity contribution in [3.8, 4) is 0 Å². The topological polar surface area (TPSA) is 58.2 Å². The number of amides is 2. The Morgan fingerprint density at radius 2 is 2.14 bits per heavy atom. The van der Waals surface area contributed by atoms with Gasteiger partial charge in [-0.3, -0.25) is 9.59 Å². The molecular formula is C17H21ClN2O2. The molecule has 2 N–H and O–H groups in total. The average Bonchev–Trinajstić information content (AvgIpc) is 2.93. The van der Waals surface area contributed by atoms with Gasteiger partial charge >= 0.3 is 0 Å². The number of anilines is 1. The standard InChI is InChI=1S/C17H21ClN2O2/c1-11(2)19-17(22)13-7-8-14(18)15(10-13)20-16(21)9-12-5-3-4-6-12/h3,5,7-8,10-12H,4,6,9H2,1-2H3,(H,19,22)(H,20,21). The quantitative estimate of drug-likeness (QED) is 0.811. The zero-order valence-electron chi connectivity index (χ0n) is 12.9. The van der Waals surface area contributed by atoms with Crippen molar-refractivity contribution in [2.24, 2.45) is 5.92 Å². The predicted octanol–water partition coefficient (Wildman–Crippen LogP) is 3.77. The number of benzene rings is 1. The SMILES string of the molecule is CC(C)NC(=O)c1ccc(Cl)c(NC(=O)CC2C=CCC2)c1. The Hall–Kier alpha value is -1.81. The molecule has 0 saturated heterocycles. The minimum atomic E-state index is -0.180. The lowest BCUT2D eigenvalue weighted by Crippen LogP contribution is -2.30. The monoisotopic (exact) mass is 320 g/mol. The molecule has 0 aromatic heterocycles. The van der Waals surface area contributed by atoms with E-state index in [1.54, 1.807) is 18.2 Å². The van der Waals surface area contributed by atoms with Crippen LogP contribution in [0.2, 0.25) is 5.02 Å². The molecule has 0 spiro atoms. The second-order valence-corrected chi connectivity index (χ2v) is 6.25. The lowest BCUT2D eigenvalue weighted by atomic mass is 10.0. The van der Waals surface area contributed by atoms with Crippen LogP contribution in [0, 0.1) is 5.92 Å². The van der Waals surface area contributed by atoms with Gasteiger partial charge < -0.3 is 10.6 Å². The van der Waals surface area contributed by atoms with Crippen molar-refractivity contribution in [3.05, 3.63) is 40.9 Å². The van der Waals surface area contributed by atoms with Crippen LogP contribution in [-0.4, -0.2) is 17.9 Å². The molecule has 1 aliphatic carbocycles. The van der Waals surface area contributed by atoms with Gasteiger partial charge in [0.15, 0.2) is 0 Å². The van der Waals surface area contributed by atoms with E-state index in [4.69, 9.17) is 11.6 Å². The Morgan fingerprint density at radius 3 is 2.77 bits per heavy atom. The third-order valence-corrected chi connectivity index (χ3v) is 3.81. The molecule has 1 aliphatic rings. The average molecular weight is 321 g/mol. The van der Waals surface area contributed by atoms with E-state index in [9.17, 15) is 9.59 Å². The summed E-state index contributed by atoms with van der Waals surface area (Å²) in [5.41, 5.74) is 0.958. The van der Waals surface area contributed by atoms with Gasteiger partial charge in [0.2, 0.25) is 5.91 Å². The minimum absolute atomic E-state index is 0.0513. The molecule has 2 rings (SSSR count). The fourth-order valence-electron chi connectivity index (χ4n) is 2.41. The Labute approximate surface area is 135 Å². The fourth-order valence-corrected chi connectivity index (χ4v) is 2.58. The lowest BCUT2D eigenvalue weighted by Gasteiger charge is -2.12. The summed E-state index contributed by atoms with van der Waals surface area (Å²) in [4.78, 5) is 24.1. The van der Waals surface area contributed by atoms with Gasteiger partial charge in [0, 0.05) is 18.0 Å². The number of rotatable bonds is 5. The van der Waals surface area contributed by atoms with E-state index in [0.29, 0.717) is 28.6 Å². The number of hydrogen-bond donors (Lipinski definition) is 2. The molecule has 1 unspecified atom stereocenters. The number of allylic oxidation sites excluding steroid dienone is 2. The summed E-state index contributed by atoms with van der Waals surface area (Å²) in [6, 6.07) is 4.94. The minimum Gasteiger partial charge on any atom is -0.350 e. The third kappa shape index (κ3) is 4.60. The normalized spacial score (nSPS) is 16.8. The van der Waals surface area contributed by atoms with Crippen molar-refractivity contribution in [3.63, 3.8) is 0 Å². The summed E-state index contributed by atoms with van der Waals surface area (Å²) in [6.45, 7) is 3.79. The van der Waals surface area contributed by atoms with Gasteiger partial charge in [-0.15, -0.1) is 0 Å². The summed E-state index contributed by atoms with van der Waals surface area (Å²) in [5, 5.41) is 6.04. The Bertz CT molecular complexity index is 596. The molecule has 118 valence electrons. The first-order chi connectivity index (χ1) is 10.5. The van der Waals surface area contributed by atoms with Gasteiger partial charge in [0.25, 0.3) is 5.91 Å². The van der Waals surface area contributed by atoms with Gasteiger partial charge in [-0.1, -0.05) is 23.8 Å². The summed E-state index contributed by atoms with van der Waals surface area (Å²) >= 11 is 6.11. The van der Waals surface area contributed by atoms with Gasteiger partial charge in [0.05, 0.1) is 10.7 Å². The molecule has 0 heterocycles. The molecule has 5 heteroatoms. The molecule has 1 aromatic rings. The van der Waals surface area contributed by atoms with Crippen molar-refractivity contribution >= 4 is 29.1 Å². The van der Waals surface area contributed by atoms with Gasteiger partial charge in [-0.25, -0.2) is 0 Å². The van der Waals surface area contributed by atoms with E-state index < -0.39 is 0 Å². The second kappa shape index (κ2) is 7.45.